The number of rotatable bonds is 2. The van der Waals surface area contributed by atoms with Gasteiger partial charge in [0.25, 0.3) is 0 Å². The van der Waals surface area contributed by atoms with Crippen LogP contribution in [0.4, 0.5) is 0 Å². The summed E-state index contributed by atoms with van der Waals surface area (Å²) in [6, 6.07) is 0. The van der Waals surface area contributed by atoms with Gasteiger partial charge in [-0.2, -0.15) is 0 Å². The van der Waals surface area contributed by atoms with Crippen molar-refractivity contribution >= 4 is 5.97 Å². The lowest BCUT2D eigenvalue weighted by Crippen LogP contribution is -2.47. The van der Waals surface area contributed by atoms with E-state index in [1.165, 1.54) is 19.3 Å². The quantitative estimate of drug-likeness (QED) is 0.362. The second kappa shape index (κ2) is 5.80. The molecule has 0 radical (unpaired) electrons. The van der Waals surface area contributed by atoms with Crippen molar-refractivity contribution in [2.24, 2.45) is 88.8 Å². The van der Waals surface area contributed by atoms with Crippen LogP contribution in [-0.4, -0.2) is 18.9 Å². The predicted octanol–water partition coefficient (Wildman–Crippen LogP) is 4.91. The van der Waals surface area contributed by atoms with Gasteiger partial charge in [0.05, 0.1) is 12.5 Å². The molecule has 9 rings (SSSR count). The summed E-state index contributed by atoms with van der Waals surface area (Å²) >= 11 is 0. The SMILES string of the molecule is O=C(OC1CCCCO1)C1CC2CC1C1C3CC(C21)C1C2CC(C4C5C=CC(C5)C24)C31. The Morgan fingerprint density at radius 2 is 1.39 bits per heavy atom. The van der Waals surface area contributed by atoms with Gasteiger partial charge in [-0.1, -0.05) is 12.2 Å². The number of allylic oxidation sites excluding steroid dienone is 2. The van der Waals surface area contributed by atoms with Gasteiger partial charge in [0.1, 0.15) is 0 Å². The fourth-order valence-corrected chi connectivity index (χ4v) is 12.8. The van der Waals surface area contributed by atoms with Crippen LogP contribution >= 0.6 is 0 Å². The Balaban J connectivity index is 0.989. The molecule has 8 aliphatic carbocycles. The molecule has 1 saturated heterocycles. The standard InChI is InChI=1S/C28H36O3/c29-28(31-21-3-1-2-6-30-21)16-9-14-8-15(16)25-20-11-19(24(14)25)26-17-10-18(27(20)26)23-13-5-4-12(7-13)22(17)23/h4-5,12-27H,1-3,6-11H2. The molecule has 16 unspecified atom stereocenters. The largest absolute Gasteiger partial charge is 0.436 e. The van der Waals surface area contributed by atoms with Gasteiger partial charge in [-0.15, -0.1) is 0 Å². The van der Waals surface area contributed by atoms with Crippen molar-refractivity contribution in [3.05, 3.63) is 12.2 Å². The van der Waals surface area contributed by atoms with Gasteiger partial charge in [0.2, 0.25) is 6.29 Å². The van der Waals surface area contributed by atoms with Crippen molar-refractivity contribution in [1.82, 2.24) is 0 Å². The van der Waals surface area contributed by atoms with Crippen LogP contribution in [0.2, 0.25) is 0 Å². The Morgan fingerprint density at radius 1 is 0.710 bits per heavy atom. The summed E-state index contributed by atoms with van der Waals surface area (Å²) < 4.78 is 11.6. The molecule has 8 bridgehead atoms. The first kappa shape index (κ1) is 17.6. The third kappa shape index (κ3) is 1.98. The third-order valence-electron chi connectivity index (χ3n) is 12.9. The maximum atomic E-state index is 13.2. The van der Waals surface area contributed by atoms with Crippen LogP contribution in [0.3, 0.4) is 0 Å². The maximum Gasteiger partial charge on any atom is 0.311 e. The first-order valence-electron chi connectivity index (χ1n) is 13.8. The molecule has 166 valence electrons. The predicted molar refractivity (Wildman–Crippen MR) is 114 cm³/mol. The molecule has 0 spiro atoms. The Labute approximate surface area is 185 Å². The molecular formula is C28H36O3. The highest BCUT2D eigenvalue weighted by Gasteiger charge is 2.76. The summed E-state index contributed by atoms with van der Waals surface area (Å²) in [4.78, 5) is 13.2. The summed E-state index contributed by atoms with van der Waals surface area (Å²) in [5.41, 5.74) is 0. The normalized spacial score (nSPS) is 65.4. The van der Waals surface area contributed by atoms with E-state index in [0.29, 0.717) is 5.92 Å². The monoisotopic (exact) mass is 420 g/mol. The zero-order valence-electron chi connectivity index (χ0n) is 18.5. The minimum Gasteiger partial charge on any atom is -0.436 e. The van der Waals surface area contributed by atoms with Gasteiger partial charge in [0, 0.05) is 6.42 Å². The van der Waals surface area contributed by atoms with Crippen molar-refractivity contribution in [1.29, 1.82) is 0 Å². The first-order valence-corrected chi connectivity index (χ1v) is 13.8. The maximum absolute atomic E-state index is 13.2. The number of hydrogen-bond donors (Lipinski definition) is 0. The van der Waals surface area contributed by atoms with Gasteiger partial charge in [-0.3, -0.25) is 4.79 Å². The lowest BCUT2D eigenvalue weighted by Gasteiger charge is -2.50. The molecule has 0 amide bonds. The fraction of sp³-hybridized carbons (Fsp3) is 0.893. The molecule has 9 aliphatic rings. The highest BCUT2D eigenvalue weighted by molar-refractivity contribution is 5.73. The van der Waals surface area contributed by atoms with E-state index in [-0.39, 0.29) is 18.2 Å². The van der Waals surface area contributed by atoms with E-state index < -0.39 is 0 Å². The van der Waals surface area contributed by atoms with Crippen molar-refractivity contribution < 1.29 is 14.3 Å². The summed E-state index contributed by atoms with van der Waals surface area (Å²) in [5, 5.41) is 0. The van der Waals surface area contributed by atoms with Crippen molar-refractivity contribution in [2.45, 2.75) is 57.7 Å². The van der Waals surface area contributed by atoms with Gasteiger partial charge in [0.15, 0.2) is 0 Å². The zero-order valence-corrected chi connectivity index (χ0v) is 18.5. The van der Waals surface area contributed by atoms with Crippen LogP contribution in [0.25, 0.3) is 0 Å². The number of ether oxygens (including phenoxy) is 2. The molecular weight excluding hydrogens is 384 g/mol. The molecule has 0 aromatic heterocycles. The van der Waals surface area contributed by atoms with Crippen LogP contribution in [0.1, 0.15) is 51.4 Å². The van der Waals surface area contributed by atoms with E-state index in [1.807, 2.05) is 0 Å². The Bertz CT molecular complexity index is 858. The third-order valence-corrected chi connectivity index (χ3v) is 12.9. The lowest BCUT2D eigenvalue weighted by molar-refractivity contribution is -0.194. The van der Waals surface area contributed by atoms with Crippen LogP contribution in [0.5, 0.6) is 0 Å². The molecule has 7 saturated carbocycles. The van der Waals surface area contributed by atoms with E-state index in [1.54, 1.807) is 6.42 Å². The van der Waals surface area contributed by atoms with Crippen LogP contribution < -0.4 is 0 Å². The zero-order chi connectivity index (χ0) is 20.0. The van der Waals surface area contributed by atoms with Crippen molar-refractivity contribution in [3.8, 4) is 0 Å². The number of carbonyl (C=O) groups is 1. The lowest BCUT2D eigenvalue weighted by atomic mass is 9.54. The van der Waals surface area contributed by atoms with Crippen LogP contribution in [-0.2, 0) is 14.3 Å². The molecule has 3 heteroatoms. The first-order chi connectivity index (χ1) is 15.3. The topological polar surface area (TPSA) is 35.5 Å². The molecule has 3 nitrogen and oxygen atoms in total. The van der Waals surface area contributed by atoms with E-state index in [0.717, 1.165) is 109 Å². The Hall–Kier alpha value is -0.830. The van der Waals surface area contributed by atoms with E-state index in [9.17, 15) is 4.79 Å². The van der Waals surface area contributed by atoms with Crippen LogP contribution in [0.15, 0.2) is 12.2 Å². The van der Waals surface area contributed by atoms with Gasteiger partial charge in [-0.05, 0) is 128 Å². The second-order valence-corrected chi connectivity index (χ2v) is 13.3. The average molecular weight is 421 g/mol. The summed E-state index contributed by atoms with van der Waals surface area (Å²) in [7, 11) is 0. The minimum absolute atomic E-state index is 0.100. The Kier molecular flexibility index (Phi) is 3.30. The van der Waals surface area contributed by atoms with Crippen LogP contribution in [0, 0.1) is 88.8 Å². The number of esters is 1. The van der Waals surface area contributed by atoms with Crippen molar-refractivity contribution in [3.63, 3.8) is 0 Å². The fourth-order valence-electron chi connectivity index (χ4n) is 12.8. The van der Waals surface area contributed by atoms with Crippen molar-refractivity contribution in [2.75, 3.05) is 6.61 Å². The number of hydrogen-bond acceptors (Lipinski definition) is 3. The van der Waals surface area contributed by atoms with E-state index >= 15 is 0 Å². The van der Waals surface area contributed by atoms with E-state index in [4.69, 9.17) is 9.47 Å². The molecule has 0 N–H and O–H groups in total. The smallest absolute Gasteiger partial charge is 0.311 e. The molecule has 31 heavy (non-hydrogen) atoms. The minimum atomic E-state index is -0.256. The molecule has 16 atom stereocenters. The summed E-state index contributed by atoms with van der Waals surface area (Å²) in [5.74, 6) is 13.8. The summed E-state index contributed by atoms with van der Waals surface area (Å²) in [6.07, 6.45) is 15.2. The number of fused-ring (bicyclic) bond motifs is 23. The second-order valence-electron chi connectivity index (χ2n) is 13.3. The number of carbonyl (C=O) groups excluding carboxylic acids is 1. The van der Waals surface area contributed by atoms with Gasteiger partial charge >= 0.3 is 5.97 Å². The van der Waals surface area contributed by atoms with Gasteiger partial charge in [-0.25, -0.2) is 0 Å². The molecule has 1 aliphatic heterocycles. The highest BCUT2D eigenvalue weighted by Crippen LogP contribution is 2.81. The average Bonchev–Trinajstić information content (AvgIpc) is 3.62. The van der Waals surface area contributed by atoms with E-state index in [2.05, 4.69) is 12.2 Å². The highest BCUT2D eigenvalue weighted by atomic mass is 16.7. The Morgan fingerprint density at radius 3 is 2.10 bits per heavy atom. The molecule has 0 aromatic rings. The molecule has 8 fully saturated rings. The summed E-state index contributed by atoms with van der Waals surface area (Å²) in [6.45, 7) is 0.758. The molecule has 0 aromatic carbocycles. The van der Waals surface area contributed by atoms with Gasteiger partial charge < -0.3 is 9.47 Å². The molecule has 1 heterocycles.